The molecule has 2 fully saturated rings. The molecule has 1 atom stereocenters. The number of ether oxygens (including phenoxy) is 2. The van der Waals surface area contributed by atoms with E-state index in [0.29, 0.717) is 17.8 Å². The van der Waals surface area contributed by atoms with Gasteiger partial charge in [0.2, 0.25) is 0 Å². The van der Waals surface area contributed by atoms with Crippen LogP contribution in [-0.2, 0) is 9.53 Å². The number of benzene rings is 1. The summed E-state index contributed by atoms with van der Waals surface area (Å²) in [5, 5.41) is 15.1. The van der Waals surface area contributed by atoms with Gasteiger partial charge >= 0.3 is 0 Å². The quantitative estimate of drug-likeness (QED) is 0.269. The zero-order valence-electron chi connectivity index (χ0n) is 29.4. The molecule has 1 spiro atoms. The summed E-state index contributed by atoms with van der Waals surface area (Å²) in [6.45, 7) is 18.8. The second-order valence-corrected chi connectivity index (χ2v) is 13.7. The van der Waals surface area contributed by atoms with E-state index in [2.05, 4.69) is 50.8 Å². The van der Waals surface area contributed by atoms with Crippen LogP contribution in [0.15, 0.2) is 24.5 Å². The third kappa shape index (κ3) is 10.0. The number of aromatic nitrogens is 3. The normalized spacial score (nSPS) is 16.4. The molecule has 262 valence electrons. The maximum absolute atomic E-state index is 14.4. The molecule has 2 aliphatic rings. The number of carbonyl (C=O) groups excluding carboxylic acids is 1. The second kappa shape index (κ2) is 17.7. The van der Waals surface area contributed by atoms with Gasteiger partial charge in [-0.2, -0.15) is 0 Å². The van der Waals surface area contributed by atoms with Crippen LogP contribution < -0.4 is 9.64 Å². The van der Waals surface area contributed by atoms with Crippen LogP contribution in [0.4, 0.5) is 10.2 Å². The molecule has 1 amide bonds. The van der Waals surface area contributed by atoms with Crippen LogP contribution in [0, 0.1) is 17.2 Å². The highest BCUT2D eigenvalue weighted by atomic mass is 19.1. The minimum Gasteiger partial charge on any atom is -0.483 e. The Balaban J connectivity index is 0.00000192. The molecule has 0 bridgehead atoms. The number of likely N-dealkylation sites (N-methyl/N-ethyl adjacent to an activating group) is 1. The van der Waals surface area contributed by atoms with Gasteiger partial charge in [0.25, 0.3) is 18.3 Å². The van der Waals surface area contributed by atoms with E-state index >= 15 is 0 Å². The molecule has 1 aromatic heterocycles. The van der Waals surface area contributed by atoms with Crippen molar-refractivity contribution < 1.29 is 28.6 Å². The van der Waals surface area contributed by atoms with Crippen LogP contribution in [-0.4, -0.2) is 126 Å². The van der Waals surface area contributed by atoms with Gasteiger partial charge in [0.1, 0.15) is 17.9 Å². The molecular weight excluding hydrogens is 605 g/mol. The zero-order chi connectivity index (χ0) is 34.7. The van der Waals surface area contributed by atoms with Crippen molar-refractivity contribution in [1.29, 1.82) is 0 Å². The Morgan fingerprint density at radius 1 is 1.13 bits per heavy atom. The van der Waals surface area contributed by atoms with E-state index in [4.69, 9.17) is 19.4 Å². The molecule has 13 heteroatoms. The van der Waals surface area contributed by atoms with E-state index in [0.717, 1.165) is 52.3 Å². The number of anilines is 1. The van der Waals surface area contributed by atoms with Crippen molar-refractivity contribution in [3.05, 3.63) is 35.9 Å². The van der Waals surface area contributed by atoms with Gasteiger partial charge in [-0.05, 0) is 84.7 Å². The molecule has 2 aromatic rings. The zero-order valence-corrected chi connectivity index (χ0v) is 29.4. The number of methoxy groups -OCH3 is 1. The van der Waals surface area contributed by atoms with Crippen LogP contribution in [0.1, 0.15) is 71.2 Å². The highest BCUT2D eigenvalue weighted by Crippen LogP contribution is 2.44. The summed E-state index contributed by atoms with van der Waals surface area (Å²) >= 11 is 0. The number of likely N-dealkylation sites (tertiary alicyclic amines) is 1. The van der Waals surface area contributed by atoms with Gasteiger partial charge in [-0.3, -0.25) is 14.5 Å². The summed E-state index contributed by atoms with van der Waals surface area (Å²) in [5.74, 6) is 0.859. The molecule has 2 saturated heterocycles. The summed E-state index contributed by atoms with van der Waals surface area (Å²) in [6, 6.07) is 4.45. The first kappa shape index (κ1) is 38.0. The lowest BCUT2D eigenvalue weighted by Gasteiger charge is -2.53. The highest BCUT2D eigenvalue weighted by molar-refractivity contribution is 5.97. The van der Waals surface area contributed by atoms with Crippen molar-refractivity contribution in [2.45, 2.75) is 78.9 Å². The van der Waals surface area contributed by atoms with Crippen molar-refractivity contribution in [3.63, 3.8) is 0 Å². The first-order chi connectivity index (χ1) is 22.4. The number of carboxylic acid groups (broad SMARTS) is 1. The fourth-order valence-electron chi connectivity index (χ4n) is 6.90. The Hall–Kier alpha value is -3.42. The smallest absolute Gasteiger partial charge is 0.290 e. The molecule has 1 aromatic carbocycles. The Labute approximate surface area is 279 Å². The Morgan fingerprint density at radius 2 is 1.81 bits per heavy atom. The van der Waals surface area contributed by atoms with E-state index in [-0.39, 0.29) is 47.1 Å². The van der Waals surface area contributed by atoms with Gasteiger partial charge < -0.3 is 29.3 Å². The predicted molar refractivity (Wildman–Crippen MR) is 180 cm³/mol. The third-order valence-corrected chi connectivity index (χ3v) is 9.07. The number of halogens is 1. The lowest BCUT2D eigenvalue weighted by Crippen LogP contribution is -2.62. The van der Waals surface area contributed by atoms with Gasteiger partial charge in [-0.15, -0.1) is 10.2 Å². The Bertz CT molecular complexity index is 1280. The van der Waals surface area contributed by atoms with Crippen LogP contribution in [0.5, 0.6) is 11.6 Å². The molecule has 4 rings (SSSR count). The van der Waals surface area contributed by atoms with E-state index in [1.165, 1.54) is 37.4 Å². The maximum Gasteiger partial charge on any atom is 0.290 e. The van der Waals surface area contributed by atoms with Crippen LogP contribution >= 0.6 is 0 Å². The standard InChI is InChI=1S/C33H52FN7O3.CH2O2/c1-23(2)28(10-9-14-38(7)16-17-43-8)40-20-33(21-40)13-15-39(19-33)30-31(37-36-22-35-30)44-29-12-11-26(34)18-27(29)32(42)41(24(3)4)25(5)6;2-1-3/h11-12,18,22-25,28H,9-10,13-17,19-21H2,1-8H3;1H,(H,2,3). The first-order valence-electron chi connectivity index (χ1n) is 16.6. The van der Waals surface area contributed by atoms with Crippen molar-refractivity contribution in [3.8, 4) is 11.6 Å². The number of hydrogen-bond acceptors (Lipinski definition) is 10. The minimum atomic E-state index is -0.500. The number of amides is 1. The van der Waals surface area contributed by atoms with Crippen molar-refractivity contribution in [2.75, 3.05) is 64.9 Å². The first-order valence-corrected chi connectivity index (χ1v) is 16.6. The largest absolute Gasteiger partial charge is 0.483 e. The minimum absolute atomic E-state index is 0.0623. The summed E-state index contributed by atoms with van der Waals surface area (Å²) in [5.41, 5.74) is 0.359. The molecule has 0 saturated carbocycles. The molecule has 3 heterocycles. The van der Waals surface area contributed by atoms with Crippen molar-refractivity contribution in [1.82, 2.24) is 29.9 Å². The molecule has 1 unspecified atom stereocenters. The molecule has 2 aliphatic heterocycles. The third-order valence-electron chi connectivity index (χ3n) is 9.07. The molecule has 47 heavy (non-hydrogen) atoms. The topological polar surface area (TPSA) is 124 Å². The summed E-state index contributed by atoms with van der Waals surface area (Å²) in [4.78, 5) is 35.4. The number of rotatable bonds is 15. The monoisotopic (exact) mass is 659 g/mol. The number of hydrogen-bond donors (Lipinski definition) is 1. The predicted octanol–water partition coefficient (Wildman–Crippen LogP) is 4.66. The molecule has 1 N–H and O–H groups in total. The molecule has 0 aliphatic carbocycles. The SMILES string of the molecule is COCCN(C)CCCC(C(C)C)N1CC2(CCN(c3ncnnc3Oc3ccc(F)cc3C(=O)N(C(C)C)C(C)C)C2)C1.O=CO. The number of nitrogens with zero attached hydrogens (tertiary/aromatic N) is 7. The van der Waals surface area contributed by atoms with Gasteiger partial charge in [0.05, 0.1) is 12.2 Å². The van der Waals surface area contributed by atoms with Gasteiger partial charge in [-0.25, -0.2) is 9.37 Å². The Morgan fingerprint density at radius 3 is 2.43 bits per heavy atom. The average Bonchev–Trinajstić information content (AvgIpc) is 3.44. The van der Waals surface area contributed by atoms with Gasteiger partial charge in [0, 0.05) is 63.4 Å². The molecule has 12 nitrogen and oxygen atoms in total. The molecular formula is C34H54FN7O5. The number of carbonyl (C=O) groups is 2. The Kier molecular flexibility index (Phi) is 14.3. The van der Waals surface area contributed by atoms with E-state index < -0.39 is 5.82 Å². The van der Waals surface area contributed by atoms with Crippen LogP contribution in [0.3, 0.4) is 0 Å². The van der Waals surface area contributed by atoms with Gasteiger partial charge in [0.15, 0.2) is 5.82 Å². The van der Waals surface area contributed by atoms with Crippen LogP contribution in [0.2, 0.25) is 0 Å². The van der Waals surface area contributed by atoms with E-state index in [1.807, 2.05) is 27.7 Å². The fourth-order valence-corrected chi connectivity index (χ4v) is 6.90. The summed E-state index contributed by atoms with van der Waals surface area (Å²) in [6.07, 6.45) is 4.85. The maximum atomic E-state index is 14.4. The lowest BCUT2D eigenvalue weighted by molar-refractivity contribution is -0.122. The highest BCUT2D eigenvalue weighted by Gasteiger charge is 2.50. The summed E-state index contributed by atoms with van der Waals surface area (Å²) in [7, 11) is 3.91. The molecule has 0 radical (unpaired) electrons. The van der Waals surface area contributed by atoms with Gasteiger partial charge in [-0.1, -0.05) is 13.8 Å². The van der Waals surface area contributed by atoms with Crippen molar-refractivity contribution >= 4 is 18.2 Å². The van der Waals surface area contributed by atoms with Crippen LogP contribution in [0.25, 0.3) is 0 Å². The lowest BCUT2D eigenvalue weighted by atomic mass is 9.76. The summed E-state index contributed by atoms with van der Waals surface area (Å²) < 4.78 is 25.8. The fraction of sp³-hybridized carbons (Fsp3) is 0.676. The van der Waals surface area contributed by atoms with E-state index in [1.54, 1.807) is 12.0 Å². The average molecular weight is 660 g/mol. The second-order valence-electron chi connectivity index (χ2n) is 13.7. The van der Waals surface area contributed by atoms with E-state index in [9.17, 15) is 9.18 Å². The van der Waals surface area contributed by atoms with Crippen molar-refractivity contribution in [2.24, 2.45) is 11.3 Å².